The van der Waals surface area contributed by atoms with Gasteiger partial charge in [-0.1, -0.05) is 30.3 Å². The van der Waals surface area contributed by atoms with Crippen LogP contribution in [0.3, 0.4) is 0 Å². The lowest BCUT2D eigenvalue weighted by Gasteiger charge is -1.97. The van der Waals surface area contributed by atoms with E-state index >= 15 is 0 Å². The van der Waals surface area contributed by atoms with Crippen molar-refractivity contribution in [1.82, 2.24) is 0 Å². The molecule has 2 nitrogen and oxygen atoms in total. The van der Waals surface area contributed by atoms with Crippen molar-refractivity contribution in [3.8, 4) is 0 Å². The van der Waals surface area contributed by atoms with Gasteiger partial charge >= 0.3 is 5.97 Å². The standard InChI is InChI=1S/C10H12O2/c11-10(12)8-4-7-9-5-2-1-3-6-9/h1-3,5-6H,4,7-8H2,(H,11,12)/i1+1,2+1,3+1,5+1,6+1,9+1. The van der Waals surface area contributed by atoms with Crippen LogP contribution in [0, 0.1) is 0 Å². The monoisotopic (exact) mass is 170 g/mol. The zero-order valence-corrected chi connectivity index (χ0v) is 6.86. The van der Waals surface area contributed by atoms with Crippen LogP contribution in [0.15, 0.2) is 30.3 Å². The molecule has 0 aliphatic rings. The summed E-state index contributed by atoms with van der Waals surface area (Å²) in [5.74, 6) is -0.717. The molecule has 0 aliphatic heterocycles. The third-order valence-corrected chi connectivity index (χ3v) is 1.70. The molecule has 0 saturated heterocycles. The molecule has 2 heteroatoms. The SMILES string of the molecule is O=C(O)CCC[13c]1[13cH][13cH][13cH][13cH][13cH]1. The summed E-state index contributed by atoms with van der Waals surface area (Å²) < 4.78 is 0. The van der Waals surface area contributed by atoms with E-state index < -0.39 is 5.97 Å². The van der Waals surface area contributed by atoms with Gasteiger partial charge in [0.2, 0.25) is 0 Å². The first-order valence-electron chi connectivity index (χ1n) is 4.05. The molecular weight excluding hydrogens is 158 g/mol. The highest BCUT2D eigenvalue weighted by atomic mass is 16.4. The van der Waals surface area contributed by atoms with Crippen LogP contribution in [-0.2, 0) is 11.2 Å². The predicted molar refractivity (Wildman–Crippen MR) is 47.0 cm³/mol. The van der Waals surface area contributed by atoms with Crippen molar-refractivity contribution in [3.63, 3.8) is 0 Å². The van der Waals surface area contributed by atoms with Crippen LogP contribution in [-0.4, -0.2) is 11.1 Å². The summed E-state index contributed by atoms with van der Waals surface area (Å²) in [7, 11) is 0. The normalized spacial score (nSPS) is 9.67. The van der Waals surface area contributed by atoms with Gasteiger partial charge < -0.3 is 5.11 Å². The van der Waals surface area contributed by atoms with Gasteiger partial charge in [-0.25, -0.2) is 0 Å². The Labute approximate surface area is 71.8 Å². The largest absolute Gasteiger partial charge is 0.481 e. The van der Waals surface area contributed by atoms with E-state index in [2.05, 4.69) is 0 Å². The lowest BCUT2D eigenvalue weighted by atomic mass is 10.3. The van der Waals surface area contributed by atoms with Crippen LogP contribution >= 0.6 is 0 Å². The van der Waals surface area contributed by atoms with Gasteiger partial charge in [-0.05, 0) is 18.4 Å². The van der Waals surface area contributed by atoms with Gasteiger partial charge in [0.15, 0.2) is 0 Å². The zero-order valence-electron chi connectivity index (χ0n) is 6.86. The lowest BCUT2D eigenvalue weighted by molar-refractivity contribution is -0.137. The summed E-state index contributed by atoms with van der Waals surface area (Å²) in [4.78, 5) is 10.2. The maximum Gasteiger partial charge on any atom is 0.303 e. The maximum absolute atomic E-state index is 10.2. The fourth-order valence-electron chi connectivity index (χ4n) is 1.09. The highest BCUT2D eigenvalue weighted by Gasteiger charge is 1.96. The van der Waals surface area contributed by atoms with Crippen LogP contribution in [0.25, 0.3) is 0 Å². The first-order chi connectivity index (χ1) is 5.79. The van der Waals surface area contributed by atoms with Crippen molar-refractivity contribution in [2.45, 2.75) is 19.3 Å². The third-order valence-electron chi connectivity index (χ3n) is 1.70. The molecule has 0 saturated carbocycles. The van der Waals surface area contributed by atoms with Crippen molar-refractivity contribution < 1.29 is 9.90 Å². The summed E-state index contributed by atoms with van der Waals surface area (Å²) in [5, 5.41) is 8.39. The second-order valence-electron chi connectivity index (χ2n) is 2.73. The van der Waals surface area contributed by atoms with E-state index in [4.69, 9.17) is 5.11 Å². The molecular formula is C10H12O2. The Bertz CT molecular complexity index is 241. The van der Waals surface area contributed by atoms with Gasteiger partial charge in [-0.2, -0.15) is 0 Å². The molecule has 12 heavy (non-hydrogen) atoms. The average Bonchev–Trinajstić information content (AvgIpc) is 2.05. The minimum atomic E-state index is -0.717. The summed E-state index contributed by atoms with van der Waals surface area (Å²) in [6.07, 6.45) is 1.83. The van der Waals surface area contributed by atoms with Crippen molar-refractivity contribution in [2.24, 2.45) is 0 Å². The lowest BCUT2D eigenvalue weighted by Crippen LogP contribution is -1.95. The Kier molecular flexibility index (Phi) is 3.33. The highest BCUT2D eigenvalue weighted by molar-refractivity contribution is 5.66. The molecule has 0 bridgehead atoms. The van der Waals surface area contributed by atoms with Crippen LogP contribution in [0.1, 0.15) is 18.4 Å². The molecule has 0 amide bonds. The van der Waals surface area contributed by atoms with Crippen LogP contribution in [0.2, 0.25) is 0 Å². The topological polar surface area (TPSA) is 37.3 Å². The van der Waals surface area contributed by atoms with Gasteiger partial charge in [0.05, 0.1) is 0 Å². The first-order valence-corrected chi connectivity index (χ1v) is 4.05. The summed E-state index contributed by atoms with van der Waals surface area (Å²) in [5.41, 5.74) is 1.21. The third kappa shape index (κ3) is 3.19. The maximum atomic E-state index is 10.2. The Morgan fingerprint density at radius 3 is 2.50 bits per heavy atom. The molecule has 0 aromatic heterocycles. The van der Waals surface area contributed by atoms with Gasteiger partial charge in [0.25, 0.3) is 0 Å². The number of benzene rings is 1. The van der Waals surface area contributed by atoms with Crippen molar-refractivity contribution in [2.75, 3.05) is 0 Å². The number of carboxylic acid groups (broad SMARTS) is 1. The average molecular weight is 170 g/mol. The molecule has 1 aromatic rings. The van der Waals surface area contributed by atoms with Gasteiger partial charge in [-0.15, -0.1) is 0 Å². The molecule has 1 N–H and O–H groups in total. The van der Waals surface area contributed by atoms with Gasteiger partial charge in [-0.3, -0.25) is 4.79 Å². The number of hydrogen-bond donors (Lipinski definition) is 1. The van der Waals surface area contributed by atoms with Crippen LogP contribution in [0.4, 0.5) is 0 Å². The highest BCUT2D eigenvalue weighted by Crippen LogP contribution is 2.03. The number of rotatable bonds is 4. The first kappa shape index (κ1) is 8.78. The van der Waals surface area contributed by atoms with Gasteiger partial charge in [0, 0.05) is 6.42 Å². The predicted octanol–water partition coefficient (Wildman–Crippen LogP) is 2.09. The van der Waals surface area contributed by atoms with E-state index in [1.165, 1.54) is 5.56 Å². The molecule has 0 heterocycles. The summed E-state index contributed by atoms with van der Waals surface area (Å²) in [6.45, 7) is 0. The van der Waals surface area contributed by atoms with E-state index in [-0.39, 0.29) is 6.42 Å². The fourth-order valence-corrected chi connectivity index (χ4v) is 1.09. The molecule has 0 aliphatic carbocycles. The van der Waals surface area contributed by atoms with E-state index in [0.717, 1.165) is 12.8 Å². The van der Waals surface area contributed by atoms with E-state index in [0.29, 0.717) is 0 Å². The summed E-state index contributed by atoms with van der Waals surface area (Å²) in [6, 6.07) is 9.93. The smallest absolute Gasteiger partial charge is 0.303 e. The zero-order chi connectivity index (χ0) is 8.81. The number of hydrogen-bond acceptors (Lipinski definition) is 1. The molecule has 0 radical (unpaired) electrons. The molecule has 1 rings (SSSR count). The number of carbonyl (C=O) groups is 1. The minimum absolute atomic E-state index is 0.259. The molecule has 64 valence electrons. The molecule has 0 atom stereocenters. The second-order valence-corrected chi connectivity index (χ2v) is 2.73. The van der Waals surface area contributed by atoms with Gasteiger partial charge in [0.1, 0.15) is 0 Å². The van der Waals surface area contributed by atoms with Crippen molar-refractivity contribution in [1.29, 1.82) is 0 Å². The van der Waals surface area contributed by atoms with Crippen molar-refractivity contribution in [3.05, 3.63) is 35.9 Å². The minimum Gasteiger partial charge on any atom is -0.481 e. The van der Waals surface area contributed by atoms with E-state index in [1.54, 1.807) is 0 Å². The molecule has 0 unspecified atom stereocenters. The van der Waals surface area contributed by atoms with Crippen molar-refractivity contribution >= 4 is 5.97 Å². The quantitative estimate of drug-likeness (QED) is 0.751. The number of carboxylic acids is 1. The molecule has 0 fully saturated rings. The Hall–Kier alpha value is -1.31. The Balaban J connectivity index is 2.29. The number of aryl methyl sites for hydroxylation is 1. The van der Waals surface area contributed by atoms with Crippen LogP contribution in [0.5, 0.6) is 0 Å². The second kappa shape index (κ2) is 4.54. The number of aliphatic carboxylic acids is 1. The van der Waals surface area contributed by atoms with Crippen LogP contribution < -0.4 is 0 Å². The molecule has 1 aromatic carbocycles. The molecule has 0 spiro atoms. The Morgan fingerprint density at radius 2 is 1.92 bits per heavy atom. The fraction of sp³-hybridized carbons (Fsp3) is 0.300. The Morgan fingerprint density at radius 1 is 1.25 bits per heavy atom. The van der Waals surface area contributed by atoms with E-state index in [9.17, 15) is 4.79 Å². The van der Waals surface area contributed by atoms with E-state index in [1.807, 2.05) is 30.3 Å². The summed E-state index contributed by atoms with van der Waals surface area (Å²) >= 11 is 0.